The van der Waals surface area contributed by atoms with Crippen molar-refractivity contribution in [2.24, 2.45) is 5.10 Å². The molecule has 6 nitrogen and oxygen atoms in total. The van der Waals surface area contributed by atoms with Crippen LogP contribution >= 0.6 is 15.9 Å². The number of hydrogen-bond donors (Lipinski definition) is 1. The van der Waals surface area contributed by atoms with E-state index >= 15 is 0 Å². The molecule has 1 N–H and O–H groups in total. The molecule has 0 unspecified atom stereocenters. The molecule has 0 spiro atoms. The van der Waals surface area contributed by atoms with Gasteiger partial charge in [-0.2, -0.15) is 13.5 Å². The molecule has 0 aromatic heterocycles. The standard InChI is InChI=1S/C17H19BrN2O4S/c1-3-11-24-17-13(5-4-6-16(17)23-2)12-19-20-25(21,22)15-9-7-14(18)8-10-15/h4-10,12,20H,3,11H2,1-2H3/b19-12+. The first kappa shape index (κ1) is 19.3. The summed E-state index contributed by atoms with van der Waals surface area (Å²) in [5.41, 5.74) is 0.617. The minimum atomic E-state index is -3.73. The van der Waals surface area contributed by atoms with Crippen molar-refractivity contribution in [1.29, 1.82) is 0 Å². The van der Waals surface area contributed by atoms with Gasteiger partial charge in [-0.3, -0.25) is 0 Å². The zero-order valence-electron chi connectivity index (χ0n) is 13.9. The van der Waals surface area contributed by atoms with Gasteiger partial charge in [0.15, 0.2) is 11.5 Å². The third kappa shape index (κ3) is 5.20. The van der Waals surface area contributed by atoms with Gasteiger partial charge in [0.05, 0.1) is 24.8 Å². The number of halogens is 1. The summed E-state index contributed by atoms with van der Waals surface area (Å²) in [6.45, 7) is 2.52. The lowest BCUT2D eigenvalue weighted by Gasteiger charge is -2.12. The monoisotopic (exact) mass is 426 g/mol. The zero-order chi connectivity index (χ0) is 18.3. The van der Waals surface area contributed by atoms with Gasteiger partial charge >= 0.3 is 0 Å². The van der Waals surface area contributed by atoms with E-state index < -0.39 is 10.0 Å². The second-order valence-corrected chi connectivity index (χ2v) is 7.61. The molecule has 2 aromatic rings. The fraction of sp³-hybridized carbons (Fsp3) is 0.235. The van der Waals surface area contributed by atoms with E-state index in [0.29, 0.717) is 23.7 Å². The van der Waals surface area contributed by atoms with Crippen molar-refractivity contribution in [3.63, 3.8) is 0 Å². The Morgan fingerprint density at radius 1 is 1.20 bits per heavy atom. The number of benzene rings is 2. The van der Waals surface area contributed by atoms with E-state index in [-0.39, 0.29) is 4.90 Å². The maximum absolute atomic E-state index is 12.2. The van der Waals surface area contributed by atoms with E-state index in [2.05, 4.69) is 25.9 Å². The summed E-state index contributed by atoms with van der Waals surface area (Å²) in [7, 11) is -2.19. The number of sulfonamides is 1. The van der Waals surface area contributed by atoms with Crippen LogP contribution < -0.4 is 14.3 Å². The van der Waals surface area contributed by atoms with E-state index in [1.54, 1.807) is 37.4 Å². The number of nitrogens with one attached hydrogen (secondary N) is 1. The Hall–Kier alpha value is -2.06. The molecular weight excluding hydrogens is 408 g/mol. The highest BCUT2D eigenvalue weighted by Crippen LogP contribution is 2.30. The van der Waals surface area contributed by atoms with Crippen LogP contribution in [0.3, 0.4) is 0 Å². The van der Waals surface area contributed by atoms with E-state index in [1.165, 1.54) is 18.3 Å². The number of para-hydroxylation sites is 1. The Kier molecular flexibility index (Phi) is 6.83. The Morgan fingerprint density at radius 2 is 1.92 bits per heavy atom. The van der Waals surface area contributed by atoms with Crippen molar-refractivity contribution in [2.75, 3.05) is 13.7 Å². The lowest BCUT2D eigenvalue weighted by atomic mass is 10.2. The minimum Gasteiger partial charge on any atom is -0.493 e. The molecular formula is C17H19BrN2O4S. The van der Waals surface area contributed by atoms with Gasteiger partial charge in [-0.05, 0) is 42.8 Å². The van der Waals surface area contributed by atoms with Crippen LogP contribution in [0.5, 0.6) is 11.5 Å². The molecule has 134 valence electrons. The largest absolute Gasteiger partial charge is 0.493 e. The van der Waals surface area contributed by atoms with Crippen molar-refractivity contribution < 1.29 is 17.9 Å². The Morgan fingerprint density at radius 3 is 2.56 bits per heavy atom. The Balaban J connectivity index is 2.20. The van der Waals surface area contributed by atoms with Gasteiger partial charge < -0.3 is 9.47 Å². The fourth-order valence-electron chi connectivity index (χ4n) is 1.99. The van der Waals surface area contributed by atoms with Crippen LogP contribution in [0.4, 0.5) is 0 Å². The van der Waals surface area contributed by atoms with Crippen LogP contribution in [0.1, 0.15) is 18.9 Å². The molecule has 0 radical (unpaired) electrons. The van der Waals surface area contributed by atoms with Crippen LogP contribution in [0.2, 0.25) is 0 Å². The molecule has 0 saturated heterocycles. The average Bonchev–Trinajstić information content (AvgIpc) is 2.60. The second kappa shape index (κ2) is 8.87. The predicted molar refractivity (Wildman–Crippen MR) is 101 cm³/mol. The molecule has 8 heteroatoms. The highest BCUT2D eigenvalue weighted by atomic mass is 79.9. The highest BCUT2D eigenvalue weighted by molar-refractivity contribution is 9.10. The minimum absolute atomic E-state index is 0.126. The van der Waals surface area contributed by atoms with E-state index in [1.807, 2.05) is 6.92 Å². The quantitative estimate of drug-likeness (QED) is 0.516. The summed E-state index contributed by atoms with van der Waals surface area (Å²) in [6.07, 6.45) is 2.23. The lowest BCUT2D eigenvalue weighted by molar-refractivity contribution is 0.294. The van der Waals surface area contributed by atoms with E-state index in [9.17, 15) is 8.42 Å². The zero-order valence-corrected chi connectivity index (χ0v) is 16.3. The summed E-state index contributed by atoms with van der Waals surface area (Å²) in [5, 5.41) is 3.85. The number of ether oxygens (including phenoxy) is 2. The SMILES string of the molecule is CCCOc1c(/C=N/NS(=O)(=O)c2ccc(Br)cc2)cccc1OC. The molecule has 25 heavy (non-hydrogen) atoms. The van der Waals surface area contributed by atoms with Gasteiger partial charge in [-0.25, -0.2) is 4.83 Å². The maximum atomic E-state index is 12.2. The lowest BCUT2D eigenvalue weighted by Crippen LogP contribution is -2.18. The number of rotatable bonds is 8. The molecule has 0 aliphatic carbocycles. The molecule has 0 aliphatic rings. The van der Waals surface area contributed by atoms with Crippen LogP contribution in [0.15, 0.2) is 56.9 Å². The Labute approximate surface area is 156 Å². The van der Waals surface area contributed by atoms with Crippen molar-refractivity contribution in [2.45, 2.75) is 18.2 Å². The molecule has 2 aromatic carbocycles. The molecule has 0 heterocycles. The maximum Gasteiger partial charge on any atom is 0.276 e. The summed E-state index contributed by atoms with van der Waals surface area (Å²) in [4.78, 5) is 2.32. The van der Waals surface area contributed by atoms with E-state index in [0.717, 1.165) is 10.9 Å². The molecule has 0 fully saturated rings. The second-order valence-electron chi connectivity index (χ2n) is 5.03. The molecule has 0 aliphatic heterocycles. The van der Waals surface area contributed by atoms with Crippen LogP contribution in [0, 0.1) is 0 Å². The van der Waals surface area contributed by atoms with Crippen molar-refractivity contribution >= 4 is 32.2 Å². The third-order valence-electron chi connectivity index (χ3n) is 3.18. The van der Waals surface area contributed by atoms with Crippen LogP contribution in [0.25, 0.3) is 0 Å². The molecule has 2 rings (SSSR count). The Bertz CT molecular complexity index is 836. The molecule has 0 saturated carbocycles. The number of hydrazone groups is 1. The predicted octanol–water partition coefficient (Wildman–Crippen LogP) is 3.56. The molecule has 0 amide bonds. The first-order valence-electron chi connectivity index (χ1n) is 7.58. The van der Waals surface area contributed by atoms with Crippen LogP contribution in [-0.2, 0) is 10.0 Å². The van der Waals surface area contributed by atoms with Gasteiger partial charge in [0.1, 0.15) is 0 Å². The van der Waals surface area contributed by atoms with Gasteiger partial charge in [0.25, 0.3) is 10.0 Å². The van der Waals surface area contributed by atoms with Crippen molar-refractivity contribution in [3.05, 3.63) is 52.5 Å². The normalized spacial score (nSPS) is 11.5. The summed E-state index contributed by atoms with van der Waals surface area (Å²) in [5.74, 6) is 1.09. The van der Waals surface area contributed by atoms with Gasteiger partial charge in [-0.15, -0.1) is 0 Å². The van der Waals surface area contributed by atoms with Crippen molar-refractivity contribution in [1.82, 2.24) is 4.83 Å². The first-order valence-corrected chi connectivity index (χ1v) is 9.85. The number of nitrogens with zero attached hydrogens (tertiary/aromatic N) is 1. The summed E-state index contributed by atoms with van der Waals surface area (Å²) >= 11 is 3.27. The van der Waals surface area contributed by atoms with Gasteiger partial charge in [-0.1, -0.05) is 28.9 Å². The van der Waals surface area contributed by atoms with Crippen LogP contribution in [-0.4, -0.2) is 28.3 Å². The highest BCUT2D eigenvalue weighted by Gasteiger charge is 2.13. The fourth-order valence-corrected chi connectivity index (χ4v) is 3.04. The molecule has 0 atom stereocenters. The third-order valence-corrected chi connectivity index (χ3v) is 4.95. The van der Waals surface area contributed by atoms with Crippen molar-refractivity contribution in [3.8, 4) is 11.5 Å². The van der Waals surface area contributed by atoms with E-state index in [4.69, 9.17) is 9.47 Å². The number of methoxy groups -OCH3 is 1. The topological polar surface area (TPSA) is 77.0 Å². The average molecular weight is 427 g/mol. The smallest absolute Gasteiger partial charge is 0.276 e. The first-order chi connectivity index (χ1) is 12.0. The summed E-state index contributed by atoms with van der Waals surface area (Å²) < 4.78 is 36.2. The van der Waals surface area contributed by atoms with Gasteiger partial charge in [0, 0.05) is 10.0 Å². The molecule has 0 bridgehead atoms. The van der Waals surface area contributed by atoms with Gasteiger partial charge in [0.2, 0.25) is 0 Å². The summed E-state index contributed by atoms with van der Waals surface area (Å²) in [6, 6.07) is 11.6. The number of hydrogen-bond acceptors (Lipinski definition) is 5.